The summed E-state index contributed by atoms with van der Waals surface area (Å²) in [5.74, 6) is 1.95. The van der Waals surface area contributed by atoms with Crippen molar-refractivity contribution in [3.63, 3.8) is 0 Å². The van der Waals surface area contributed by atoms with Gasteiger partial charge in [-0.1, -0.05) is 12.8 Å². The molecule has 1 aromatic carbocycles. The Hall–Kier alpha value is -2.26. The van der Waals surface area contributed by atoms with Crippen LogP contribution in [0, 0.1) is 18.2 Å². The van der Waals surface area contributed by atoms with Crippen LogP contribution in [0.25, 0.3) is 0 Å². The number of benzene rings is 1. The molecule has 1 aromatic rings. The molecule has 1 atom stereocenters. The second-order valence-corrected chi connectivity index (χ2v) is 4.36. The highest BCUT2D eigenvalue weighted by Crippen LogP contribution is 2.25. The Labute approximate surface area is 123 Å². The Morgan fingerprint density at radius 1 is 1.57 bits per heavy atom. The fourth-order valence-electron chi connectivity index (χ4n) is 1.56. The molecule has 21 heavy (non-hydrogen) atoms. The summed E-state index contributed by atoms with van der Waals surface area (Å²) >= 11 is 0. The van der Waals surface area contributed by atoms with Crippen LogP contribution in [-0.2, 0) is 0 Å². The monoisotopic (exact) mass is 294 g/mol. The lowest BCUT2D eigenvalue weighted by Crippen LogP contribution is -2.31. The molecular weight excluding hydrogens is 275 g/mol. The number of carbonyl (C=O) groups excluding carboxylic acids is 1. The van der Waals surface area contributed by atoms with Crippen LogP contribution < -0.4 is 15.4 Å². The molecule has 0 aliphatic heterocycles. The molecule has 0 aliphatic rings. The van der Waals surface area contributed by atoms with Gasteiger partial charge in [-0.2, -0.15) is 0 Å². The van der Waals surface area contributed by atoms with E-state index in [2.05, 4.69) is 16.6 Å². The van der Waals surface area contributed by atoms with Crippen LogP contribution in [0.15, 0.2) is 18.2 Å². The number of hydrogen-bond donors (Lipinski definition) is 3. The molecule has 0 saturated heterocycles. The van der Waals surface area contributed by atoms with E-state index in [9.17, 15) is 14.3 Å². The highest BCUT2D eigenvalue weighted by Gasteiger charge is 2.09. The quantitative estimate of drug-likeness (QED) is 0.675. The molecular formula is C15H19FN2O3. The van der Waals surface area contributed by atoms with Gasteiger partial charge < -0.3 is 20.5 Å². The summed E-state index contributed by atoms with van der Waals surface area (Å²) in [6.07, 6.45) is 5.74. The number of aliphatic hydroxyl groups is 1. The molecule has 0 spiro atoms. The first kappa shape index (κ1) is 16.8. The standard InChI is InChI=1S/C15H19FN2O3/c1-3-9-21-14-10-11(16)5-6-13(14)18-15(20)17-8-7-12(19)4-2/h1,5-6,10,12,19H,4,7-9H2,2H3,(H2,17,18,20). The van der Waals surface area contributed by atoms with Crippen LogP contribution >= 0.6 is 0 Å². The maximum atomic E-state index is 13.2. The van der Waals surface area contributed by atoms with Crippen LogP contribution in [0.4, 0.5) is 14.9 Å². The molecule has 0 aromatic heterocycles. The van der Waals surface area contributed by atoms with Crippen molar-refractivity contribution in [3.05, 3.63) is 24.0 Å². The summed E-state index contributed by atoms with van der Waals surface area (Å²) < 4.78 is 18.3. The lowest BCUT2D eigenvalue weighted by atomic mass is 10.2. The number of hydrogen-bond acceptors (Lipinski definition) is 3. The van der Waals surface area contributed by atoms with Crippen molar-refractivity contribution in [2.45, 2.75) is 25.9 Å². The number of anilines is 1. The first-order valence-electron chi connectivity index (χ1n) is 6.65. The predicted molar refractivity (Wildman–Crippen MR) is 78.7 cm³/mol. The van der Waals surface area contributed by atoms with E-state index < -0.39 is 18.0 Å². The van der Waals surface area contributed by atoms with Gasteiger partial charge in [-0.15, -0.1) is 6.42 Å². The van der Waals surface area contributed by atoms with E-state index in [0.717, 1.165) is 6.07 Å². The SMILES string of the molecule is C#CCOc1cc(F)ccc1NC(=O)NCCC(O)CC. The minimum absolute atomic E-state index is 0.0254. The topological polar surface area (TPSA) is 70.6 Å². The number of rotatable bonds is 7. The molecule has 0 aliphatic carbocycles. The van der Waals surface area contributed by atoms with Gasteiger partial charge in [0.1, 0.15) is 18.2 Å². The second kappa shape index (κ2) is 8.82. The van der Waals surface area contributed by atoms with Crippen molar-refractivity contribution in [1.29, 1.82) is 0 Å². The van der Waals surface area contributed by atoms with Gasteiger partial charge in [0.05, 0.1) is 11.8 Å². The van der Waals surface area contributed by atoms with Gasteiger partial charge in [0.15, 0.2) is 0 Å². The normalized spacial score (nSPS) is 11.3. The van der Waals surface area contributed by atoms with Crippen molar-refractivity contribution in [2.75, 3.05) is 18.5 Å². The third-order valence-electron chi connectivity index (χ3n) is 2.74. The van der Waals surface area contributed by atoms with Crippen LogP contribution in [0.5, 0.6) is 5.75 Å². The van der Waals surface area contributed by atoms with Crippen LogP contribution in [0.2, 0.25) is 0 Å². The number of terminal acetylenes is 1. The molecule has 0 saturated carbocycles. The fourth-order valence-corrected chi connectivity index (χ4v) is 1.56. The maximum absolute atomic E-state index is 13.2. The van der Waals surface area contributed by atoms with Gasteiger partial charge in [0, 0.05) is 12.6 Å². The molecule has 0 fully saturated rings. The van der Waals surface area contributed by atoms with Gasteiger partial charge in [-0.25, -0.2) is 9.18 Å². The largest absolute Gasteiger partial charge is 0.479 e. The number of amides is 2. The zero-order chi connectivity index (χ0) is 15.7. The van der Waals surface area contributed by atoms with Crippen molar-refractivity contribution in [1.82, 2.24) is 5.32 Å². The first-order chi connectivity index (χ1) is 10.1. The number of carbonyl (C=O) groups is 1. The highest BCUT2D eigenvalue weighted by atomic mass is 19.1. The molecule has 0 bridgehead atoms. The minimum Gasteiger partial charge on any atom is -0.479 e. The molecule has 0 radical (unpaired) electrons. The molecule has 1 unspecified atom stereocenters. The first-order valence-corrected chi connectivity index (χ1v) is 6.65. The van der Waals surface area contributed by atoms with Crippen LogP contribution in [0.1, 0.15) is 19.8 Å². The molecule has 1 rings (SSSR count). The van der Waals surface area contributed by atoms with Crippen molar-refractivity contribution < 1.29 is 19.0 Å². The van der Waals surface area contributed by atoms with E-state index in [0.29, 0.717) is 25.1 Å². The van der Waals surface area contributed by atoms with Crippen molar-refractivity contribution in [3.8, 4) is 18.1 Å². The summed E-state index contributed by atoms with van der Waals surface area (Å²) in [6, 6.07) is 3.28. The van der Waals surface area contributed by atoms with Gasteiger partial charge in [0.25, 0.3) is 0 Å². The number of nitrogens with one attached hydrogen (secondary N) is 2. The van der Waals surface area contributed by atoms with Gasteiger partial charge in [0.2, 0.25) is 0 Å². The third kappa shape index (κ3) is 6.15. The summed E-state index contributed by atoms with van der Waals surface area (Å²) in [6.45, 7) is 2.17. The predicted octanol–water partition coefficient (Wildman–Crippen LogP) is 2.12. The Morgan fingerprint density at radius 2 is 2.33 bits per heavy atom. The average molecular weight is 294 g/mol. The Morgan fingerprint density at radius 3 is 3.00 bits per heavy atom. The van der Waals surface area contributed by atoms with Crippen LogP contribution in [0.3, 0.4) is 0 Å². The second-order valence-electron chi connectivity index (χ2n) is 4.36. The van der Waals surface area contributed by atoms with Gasteiger partial charge in [-0.05, 0) is 25.0 Å². The van der Waals surface area contributed by atoms with Crippen LogP contribution in [-0.4, -0.2) is 30.4 Å². The summed E-state index contributed by atoms with van der Waals surface area (Å²) in [4.78, 5) is 11.7. The maximum Gasteiger partial charge on any atom is 0.319 e. The minimum atomic E-state index is -0.487. The number of urea groups is 1. The van der Waals surface area contributed by atoms with E-state index in [1.165, 1.54) is 12.1 Å². The van der Waals surface area contributed by atoms with Gasteiger partial charge >= 0.3 is 6.03 Å². The summed E-state index contributed by atoms with van der Waals surface area (Å²) in [5.41, 5.74) is 0.320. The van der Waals surface area contributed by atoms with E-state index in [-0.39, 0.29) is 12.4 Å². The van der Waals surface area contributed by atoms with E-state index in [4.69, 9.17) is 11.2 Å². The smallest absolute Gasteiger partial charge is 0.319 e. The number of aliphatic hydroxyl groups excluding tert-OH is 1. The van der Waals surface area contributed by atoms with Gasteiger partial charge in [-0.3, -0.25) is 0 Å². The van der Waals surface area contributed by atoms with Crippen molar-refractivity contribution >= 4 is 11.7 Å². The van der Waals surface area contributed by atoms with E-state index in [1.54, 1.807) is 0 Å². The Balaban J connectivity index is 2.57. The number of ether oxygens (including phenoxy) is 1. The molecule has 6 heteroatoms. The van der Waals surface area contributed by atoms with E-state index in [1.807, 2.05) is 6.92 Å². The molecule has 114 valence electrons. The fraction of sp³-hybridized carbons (Fsp3) is 0.400. The third-order valence-corrected chi connectivity index (χ3v) is 2.74. The lowest BCUT2D eigenvalue weighted by molar-refractivity contribution is 0.160. The molecule has 2 amide bonds. The Kier molecular flexibility index (Phi) is 7.05. The zero-order valence-electron chi connectivity index (χ0n) is 11.9. The zero-order valence-corrected chi connectivity index (χ0v) is 11.9. The van der Waals surface area contributed by atoms with E-state index >= 15 is 0 Å². The summed E-state index contributed by atoms with van der Waals surface area (Å²) in [7, 11) is 0. The van der Waals surface area contributed by atoms with Crippen molar-refractivity contribution in [2.24, 2.45) is 0 Å². The molecule has 0 heterocycles. The summed E-state index contributed by atoms with van der Waals surface area (Å²) in [5, 5.41) is 14.5. The molecule has 3 N–H and O–H groups in total. The lowest BCUT2D eigenvalue weighted by Gasteiger charge is -2.13. The molecule has 5 nitrogen and oxygen atoms in total. The average Bonchev–Trinajstić information content (AvgIpc) is 2.47. The highest BCUT2D eigenvalue weighted by molar-refractivity contribution is 5.90. The number of halogens is 1. The Bertz CT molecular complexity index is 514.